The van der Waals surface area contributed by atoms with Gasteiger partial charge in [-0.15, -0.1) is 0 Å². The van der Waals surface area contributed by atoms with Crippen LogP contribution in [-0.4, -0.2) is 48.8 Å². The van der Waals surface area contributed by atoms with E-state index in [2.05, 4.69) is 15.2 Å². The predicted octanol–water partition coefficient (Wildman–Crippen LogP) is 3.37. The Labute approximate surface area is 210 Å². The summed E-state index contributed by atoms with van der Waals surface area (Å²) in [5.74, 6) is 0.781. The summed E-state index contributed by atoms with van der Waals surface area (Å²) in [5, 5.41) is 2.74. The average Bonchev–Trinajstić information content (AvgIpc) is 3.35. The fraction of sp³-hybridized carbons (Fsp3) is 0.308. The first-order valence-electron chi connectivity index (χ1n) is 11.8. The number of anilines is 1. The minimum atomic E-state index is -4.38. The molecule has 1 amide bonds. The molecule has 1 fully saturated rings. The topological polar surface area (TPSA) is 86.9 Å². The Morgan fingerprint density at radius 2 is 1.76 bits per heavy atom. The zero-order valence-electron chi connectivity index (χ0n) is 19.8. The first-order valence-corrected chi connectivity index (χ1v) is 11.8. The van der Waals surface area contributed by atoms with Gasteiger partial charge in [-0.3, -0.25) is 14.5 Å². The van der Waals surface area contributed by atoms with E-state index in [1.807, 2.05) is 11.0 Å². The normalized spacial score (nSPS) is 15.6. The maximum atomic E-state index is 13.0. The minimum Gasteiger partial charge on any atom is -0.454 e. The molecule has 3 aromatic rings. The van der Waals surface area contributed by atoms with Crippen LogP contribution in [-0.2, 0) is 19.3 Å². The second-order valence-corrected chi connectivity index (χ2v) is 8.91. The van der Waals surface area contributed by atoms with Crippen LogP contribution in [0, 0.1) is 0 Å². The summed E-state index contributed by atoms with van der Waals surface area (Å²) in [4.78, 5) is 31.9. The lowest BCUT2D eigenvalue weighted by Gasteiger charge is -2.36. The summed E-state index contributed by atoms with van der Waals surface area (Å²) < 4.78 is 49.7. The van der Waals surface area contributed by atoms with Gasteiger partial charge < -0.3 is 24.7 Å². The summed E-state index contributed by atoms with van der Waals surface area (Å²) in [7, 11) is 0. The third-order valence-corrected chi connectivity index (χ3v) is 6.41. The number of hydrogen-bond donors (Lipinski definition) is 2. The lowest BCUT2D eigenvalue weighted by Crippen LogP contribution is -2.46. The number of piperazine rings is 1. The molecular formula is C26H25F3N4O4. The number of carbonyl (C=O) groups excluding carboxylic acids is 1. The van der Waals surface area contributed by atoms with Crippen molar-refractivity contribution >= 4 is 11.6 Å². The van der Waals surface area contributed by atoms with Crippen molar-refractivity contribution < 1.29 is 27.4 Å². The molecule has 0 unspecified atom stereocenters. The van der Waals surface area contributed by atoms with E-state index in [0.717, 1.165) is 11.6 Å². The van der Waals surface area contributed by atoms with E-state index in [9.17, 15) is 22.8 Å². The second kappa shape index (κ2) is 10.2. The third kappa shape index (κ3) is 5.72. The summed E-state index contributed by atoms with van der Waals surface area (Å²) in [5.41, 5.74) is 0.880. The van der Waals surface area contributed by atoms with Gasteiger partial charge in [-0.05, 0) is 48.0 Å². The monoisotopic (exact) mass is 514 g/mol. The van der Waals surface area contributed by atoms with Crippen LogP contribution in [0.5, 0.6) is 11.5 Å². The van der Waals surface area contributed by atoms with E-state index in [1.54, 1.807) is 24.3 Å². The van der Waals surface area contributed by atoms with Crippen molar-refractivity contribution in [2.75, 3.05) is 37.9 Å². The first kappa shape index (κ1) is 24.7. The highest BCUT2D eigenvalue weighted by atomic mass is 19.4. The molecule has 0 saturated carbocycles. The van der Waals surface area contributed by atoms with E-state index in [1.165, 1.54) is 18.2 Å². The van der Waals surface area contributed by atoms with Gasteiger partial charge in [-0.1, -0.05) is 12.1 Å². The minimum absolute atomic E-state index is 0.0128. The van der Waals surface area contributed by atoms with Gasteiger partial charge in [0, 0.05) is 50.6 Å². The predicted molar refractivity (Wildman–Crippen MR) is 130 cm³/mol. The molecule has 2 aliphatic heterocycles. The SMILES string of the molecule is O=C(NCc1ccc2c(c1)OCO2)c1ccc(CN2CCN(c3cccc(C(F)(F)F)c3)CC2)[nH]c1=O. The van der Waals surface area contributed by atoms with Crippen molar-refractivity contribution in [3.05, 3.63) is 87.3 Å². The molecule has 3 heterocycles. The Morgan fingerprint density at radius 3 is 2.51 bits per heavy atom. The number of H-pyrrole nitrogens is 1. The number of nitrogens with zero attached hydrogens (tertiary/aromatic N) is 2. The molecule has 1 aromatic heterocycles. The van der Waals surface area contributed by atoms with Crippen molar-refractivity contribution in [1.29, 1.82) is 0 Å². The maximum absolute atomic E-state index is 13.0. The number of fused-ring (bicyclic) bond motifs is 1. The van der Waals surface area contributed by atoms with E-state index in [4.69, 9.17) is 9.47 Å². The Kier molecular flexibility index (Phi) is 6.79. The molecule has 1 saturated heterocycles. The van der Waals surface area contributed by atoms with Gasteiger partial charge in [0.2, 0.25) is 6.79 Å². The second-order valence-electron chi connectivity index (χ2n) is 8.91. The number of amides is 1. The lowest BCUT2D eigenvalue weighted by atomic mass is 10.1. The van der Waals surface area contributed by atoms with Gasteiger partial charge in [0.15, 0.2) is 11.5 Å². The van der Waals surface area contributed by atoms with Gasteiger partial charge in [0.25, 0.3) is 11.5 Å². The molecule has 11 heteroatoms. The van der Waals surface area contributed by atoms with Crippen molar-refractivity contribution in [2.24, 2.45) is 0 Å². The molecule has 0 aliphatic carbocycles. The fourth-order valence-electron chi connectivity index (χ4n) is 4.40. The highest BCUT2D eigenvalue weighted by Gasteiger charge is 2.31. The molecule has 5 rings (SSSR count). The summed E-state index contributed by atoms with van der Waals surface area (Å²) >= 11 is 0. The third-order valence-electron chi connectivity index (χ3n) is 6.41. The number of nitrogens with one attached hydrogen (secondary N) is 2. The molecule has 8 nitrogen and oxygen atoms in total. The highest BCUT2D eigenvalue weighted by molar-refractivity contribution is 5.93. The van der Waals surface area contributed by atoms with E-state index in [-0.39, 0.29) is 18.9 Å². The summed E-state index contributed by atoms with van der Waals surface area (Å²) in [6.45, 7) is 3.22. The van der Waals surface area contributed by atoms with Crippen LogP contribution in [0.15, 0.2) is 59.4 Å². The number of halogens is 3. The summed E-state index contributed by atoms with van der Waals surface area (Å²) in [6.07, 6.45) is -4.38. The Balaban J connectivity index is 1.14. The number of pyridine rings is 1. The van der Waals surface area contributed by atoms with Crippen molar-refractivity contribution in [3.8, 4) is 11.5 Å². The van der Waals surface area contributed by atoms with Gasteiger partial charge in [-0.2, -0.15) is 13.2 Å². The number of benzene rings is 2. The average molecular weight is 515 g/mol. The van der Waals surface area contributed by atoms with Crippen molar-refractivity contribution in [2.45, 2.75) is 19.3 Å². The van der Waals surface area contributed by atoms with Crippen molar-refractivity contribution in [3.63, 3.8) is 0 Å². The van der Waals surface area contributed by atoms with Crippen LogP contribution in [0.4, 0.5) is 18.9 Å². The molecule has 0 radical (unpaired) electrons. The zero-order valence-corrected chi connectivity index (χ0v) is 19.8. The Morgan fingerprint density at radius 1 is 0.973 bits per heavy atom. The first-order chi connectivity index (χ1) is 17.8. The van der Waals surface area contributed by atoms with Crippen LogP contribution >= 0.6 is 0 Å². The number of rotatable bonds is 6. The zero-order chi connectivity index (χ0) is 26.0. The van der Waals surface area contributed by atoms with Crippen LogP contribution < -0.4 is 25.2 Å². The van der Waals surface area contributed by atoms with Gasteiger partial charge >= 0.3 is 6.18 Å². The molecule has 0 bridgehead atoms. The molecule has 0 spiro atoms. The highest BCUT2D eigenvalue weighted by Crippen LogP contribution is 2.33. The smallest absolute Gasteiger partial charge is 0.416 e. The molecule has 37 heavy (non-hydrogen) atoms. The summed E-state index contributed by atoms with van der Waals surface area (Å²) in [6, 6.07) is 13.9. The Bertz CT molecular complexity index is 1350. The van der Waals surface area contributed by atoms with Crippen LogP contribution in [0.2, 0.25) is 0 Å². The number of hydrogen-bond acceptors (Lipinski definition) is 6. The molecule has 2 aliphatic rings. The number of ether oxygens (including phenoxy) is 2. The molecule has 0 atom stereocenters. The van der Waals surface area contributed by atoms with E-state index >= 15 is 0 Å². The lowest BCUT2D eigenvalue weighted by molar-refractivity contribution is -0.137. The Hall–Kier alpha value is -3.99. The van der Waals surface area contributed by atoms with Gasteiger partial charge in [0.1, 0.15) is 5.56 Å². The molecule has 194 valence electrons. The molecule has 2 aromatic carbocycles. The van der Waals surface area contributed by atoms with Crippen LogP contribution in [0.1, 0.15) is 27.2 Å². The fourth-order valence-corrected chi connectivity index (χ4v) is 4.40. The van der Waals surface area contributed by atoms with Crippen LogP contribution in [0.3, 0.4) is 0 Å². The number of aromatic nitrogens is 1. The number of alkyl halides is 3. The van der Waals surface area contributed by atoms with E-state index in [0.29, 0.717) is 55.6 Å². The van der Waals surface area contributed by atoms with Crippen molar-refractivity contribution in [1.82, 2.24) is 15.2 Å². The van der Waals surface area contributed by atoms with Gasteiger partial charge in [0.05, 0.1) is 5.56 Å². The number of aromatic amines is 1. The standard InChI is InChI=1S/C26H25F3N4O4/c27-26(28,29)18-2-1-3-20(13-18)33-10-8-32(9-11-33)15-19-5-6-21(25(35)31-19)24(34)30-14-17-4-7-22-23(12-17)37-16-36-22/h1-7,12-13H,8-11,14-16H2,(H,30,34)(H,31,35). The largest absolute Gasteiger partial charge is 0.454 e. The molecular weight excluding hydrogens is 489 g/mol. The van der Waals surface area contributed by atoms with Crippen LogP contribution in [0.25, 0.3) is 0 Å². The molecule has 2 N–H and O–H groups in total. The quantitative estimate of drug-likeness (QED) is 0.525. The number of carbonyl (C=O) groups is 1. The van der Waals surface area contributed by atoms with Gasteiger partial charge in [-0.25, -0.2) is 0 Å². The van der Waals surface area contributed by atoms with E-state index < -0.39 is 23.2 Å². The maximum Gasteiger partial charge on any atom is 0.416 e.